The van der Waals surface area contributed by atoms with Gasteiger partial charge in [-0.05, 0) is 19.1 Å². The number of hydrogen-bond acceptors (Lipinski definition) is 4. The Morgan fingerprint density at radius 3 is 2.32 bits per heavy atom. The molecule has 2 aromatic heterocycles. The van der Waals surface area contributed by atoms with E-state index in [1.54, 1.807) is 10.9 Å². The SMILES string of the molecule is CCn1cc(Cl)c(CN(C)C(=O)c2ccc(COc3c(F)c(F)c(F)c(F)c3F)o2)n1. The normalized spacial score (nSPS) is 11.1. The molecule has 166 valence electrons. The highest BCUT2D eigenvalue weighted by molar-refractivity contribution is 6.31. The number of aromatic nitrogens is 2. The summed E-state index contributed by atoms with van der Waals surface area (Å²) in [4.78, 5) is 13.8. The lowest BCUT2D eigenvalue weighted by Crippen LogP contribution is -2.26. The van der Waals surface area contributed by atoms with Crippen molar-refractivity contribution < 1.29 is 35.9 Å². The Morgan fingerprint density at radius 2 is 1.74 bits per heavy atom. The maximum Gasteiger partial charge on any atom is 0.289 e. The molecule has 12 heteroatoms. The molecule has 6 nitrogen and oxygen atoms in total. The molecule has 0 aliphatic rings. The number of rotatable bonds is 7. The summed E-state index contributed by atoms with van der Waals surface area (Å²) in [5.41, 5.74) is 0.473. The largest absolute Gasteiger partial charge is 0.479 e. The minimum absolute atomic E-state index is 0.0750. The van der Waals surface area contributed by atoms with Crippen LogP contribution in [0.3, 0.4) is 0 Å². The molecule has 2 heterocycles. The van der Waals surface area contributed by atoms with Gasteiger partial charge in [-0.2, -0.15) is 13.9 Å². The van der Waals surface area contributed by atoms with Crippen LogP contribution in [-0.4, -0.2) is 27.6 Å². The summed E-state index contributed by atoms with van der Waals surface area (Å²) in [6.07, 6.45) is 1.62. The molecule has 1 amide bonds. The number of ether oxygens (including phenoxy) is 1. The van der Waals surface area contributed by atoms with Crippen LogP contribution in [0.1, 0.15) is 28.9 Å². The Bertz CT molecular complexity index is 1100. The van der Waals surface area contributed by atoms with Gasteiger partial charge >= 0.3 is 0 Å². The topological polar surface area (TPSA) is 60.5 Å². The van der Waals surface area contributed by atoms with Gasteiger partial charge in [0, 0.05) is 19.8 Å². The smallest absolute Gasteiger partial charge is 0.289 e. The second kappa shape index (κ2) is 8.96. The first kappa shape index (κ1) is 22.6. The van der Waals surface area contributed by atoms with Crippen molar-refractivity contribution in [3.63, 3.8) is 0 Å². The summed E-state index contributed by atoms with van der Waals surface area (Å²) in [5, 5.41) is 4.62. The Morgan fingerprint density at radius 1 is 1.13 bits per heavy atom. The number of halogens is 6. The van der Waals surface area contributed by atoms with Gasteiger partial charge in [-0.3, -0.25) is 9.48 Å². The molecule has 3 rings (SSSR count). The molecule has 0 N–H and O–H groups in total. The average Bonchev–Trinajstić information content (AvgIpc) is 3.36. The van der Waals surface area contributed by atoms with E-state index in [2.05, 4.69) is 5.10 Å². The van der Waals surface area contributed by atoms with Crippen molar-refractivity contribution in [1.82, 2.24) is 14.7 Å². The van der Waals surface area contributed by atoms with Crippen LogP contribution in [0.25, 0.3) is 0 Å². The highest BCUT2D eigenvalue weighted by Gasteiger charge is 2.27. The lowest BCUT2D eigenvalue weighted by atomic mass is 10.2. The molecule has 31 heavy (non-hydrogen) atoms. The van der Waals surface area contributed by atoms with Gasteiger partial charge in [-0.15, -0.1) is 0 Å². The van der Waals surface area contributed by atoms with Crippen molar-refractivity contribution in [2.24, 2.45) is 0 Å². The van der Waals surface area contributed by atoms with E-state index in [0.717, 1.165) is 0 Å². The zero-order valence-corrected chi connectivity index (χ0v) is 16.9. The first-order chi connectivity index (χ1) is 14.6. The van der Waals surface area contributed by atoms with Crippen LogP contribution in [-0.2, 0) is 19.7 Å². The molecule has 0 aliphatic carbocycles. The molecule has 0 saturated heterocycles. The standard InChI is InChI=1S/C19H15ClF5N3O3/c1-3-28-6-10(20)11(26-28)7-27(2)19(29)12-5-4-9(31-12)8-30-18-16(24)14(22)13(21)15(23)17(18)25/h4-6H,3,7-8H2,1-2H3. The molecule has 1 aromatic carbocycles. The van der Waals surface area contributed by atoms with E-state index < -0.39 is 47.3 Å². The van der Waals surface area contributed by atoms with Gasteiger partial charge in [0.05, 0.1) is 11.6 Å². The number of nitrogens with zero attached hydrogens (tertiary/aromatic N) is 3. The highest BCUT2D eigenvalue weighted by atomic mass is 35.5. The van der Waals surface area contributed by atoms with E-state index in [0.29, 0.717) is 17.3 Å². The first-order valence-corrected chi connectivity index (χ1v) is 9.22. The highest BCUT2D eigenvalue weighted by Crippen LogP contribution is 2.30. The molecule has 3 aromatic rings. The van der Waals surface area contributed by atoms with Crippen molar-refractivity contribution in [2.45, 2.75) is 26.6 Å². The Labute approximate surface area is 177 Å². The molecular weight excluding hydrogens is 449 g/mol. The maximum atomic E-state index is 13.7. The molecule has 0 atom stereocenters. The van der Waals surface area contributed by atoms with Gasteiger partial charge in [-0.25, -0.2) is 13.2 Å². The van der Waals surface area contributed by atoms with Crippen LogP contribution >= 0.6 is 11.6 Å². The van der Waals surface area contributed by atoms with Crippen LogP contribution in [0, 0.1) is 29.1 Å². The zero-order chi connectivity index (χ0) is 22.9. The predicted octanol–water partition coefficient (Wildman–Crippen LogP) is 4.70. The number of benzene rings is 1. The fourth-order valence-corrected chi connectivity index (χ4v) is 2.83. The molecule has 0 saturated carbocycles. The van der Waals surface area contributed by atoms with E-state index in [4.69, 9.17) is 20.8 Å². The van der Waals surface area contributed by atoms with E-state index in [1.807, 2.05) is 6.92 Å². The average molecular weight is 464 g/mol. The van der Waals surface area contributed by atoms with Crippen molar-refractivity contribution in [1.29, 1.82) is 0 Å². The molecule has 0 fully saturated rings. The molecule has 0 radical (unpaired) electrons. The van der Waals surface area contributed by atoms with Crippen LogP contribution in [0.2, 0.25) is 5.02 Å². The van der Waals surface area contributed by atoms with Crippen molar-refractivity contribution in [3.05, 3.63) is 69.7 Å². The van der Waals surface area contributed by atoms with E-state index in [9.17, 15) is 26.7 Å². The van der Waals surface area contributed by atoms with Gasteiger partial charge in [0.1, 0.15) is 18.1 Å². The number of carbonyl (C=O) groups excluding carboxylic acids is 1. The number of amides is 1. The minimum atomic E-state index is -2.29. The summed E-state index contributed by atoms with van der Waals surface area (Å²) < 4.78 is 78.4. The zero-order valence-electron chi connectivity index (χ0n) is 16.2. The third kappa shape index (κ3) is 4.50. The molecule has 0 bridgehead atoms. The maximum absolute atomic E-state index is 13.7. The Balaban J connectivity index is 1.69. The summed E-state index contributed by atoms with van der Waals surface area (Å²) >= 11 is 6.08. The van der Waals surface area contributed by atoms with Gasteiger partial charge in [0.15, 0.2) is 11.5 Å². The van der Waals surface area contributed by atoms with Gasteiger partial charge < -0.3 is 14.1 Å². The molecule has 0 spiro atoms. The van der Waals surface area contributed by atoms with Crippen molar-refractivity contribution in [2.75, 3.05) is 7.05 Å². The Hall–Kier alpha value is -3.08. The predicted molar refractivity (Wildman–Crippen MR) is 98.0 cm³/mol. The summed E-state index contributed by atoms with van der Waals surface area (Å²) in [7, 11) is 1.48. The monoisotopic (exact) mass is 463 g/mol. The first-order valence-electron chi connectivity index (χ1n) is 8.84. The third-order valence-electron chi connectivity index (χ3n) is 4.25. The number of hydrogen-bond donors (Lipinski definition) is 0. The summed E-state index contributed by atoms with van der Waals surface area (Å²) in [6.45, 7) is 1.88. The number of furan rings is 1. The minimum Gasteiger partial charge on any atom is -0.479 e. The van der Waals surface area contributed by atoms with Gasteiger partial charge in [0.2, 0.25) is 29.1 Å². The molecule has 0 aliphatic heterocycles. The van der Waals surface area contributed by atoms with Gasteiger partial charge in [0.25, 0.3) is 5.91 Å². The van der Waals surface area contributed by atoms with Crippen molar-refractivity contribution >= 4 is 17.5 Å². The third-order valence-corrected chi connectivity index (χ3v) is 4.56. The summed E-state index contributed by atoms with van der Waals surface area (Å²) in [5.74, 6) is -13.0. The number of carbonyl (C=O) groups is 1. The fourth-order valence-electron chi connectivity index (χ4n) is 2.62. The molecular formula is C19H15ClF5N3O3. The Kier molecular flexibility index (Phi) is 6.54. The van der Waals surface area contributed by atoms with E-state index in [-0.39, 0.29) is 18.1 Å². The fraction of sp³-hybridized carbons (Fsp3) is 0.263. The summed E-state index contributed by atoms with van der Waals surface area (Å²) in [6, 6.07) is 2.55. The van der Waals surface area contributed by atoms with Crippen LogP contribution < -0.4 is 4.74 Å². The lowest BCUT2D eigenvalue weighted by Gasteiger charge is -2.14. The van der Waals surface area contributed by atoms with Crippen LogP contribution in [0.15, 0.2) is 22.7 Å². The lowest BCUT2D eigenvalue weighted by molar-refractivity contribution is 0.0747. The van der Waals surface area contributed by atoms with E-state index >= 15 is 0 Å². The van der Waals surface area contributed by atoms with Gasteiger partial charge in [-0.1, -0.05) is 11.6 Å². The second-order valence-corrected chi connectivity index (χ2v) is 6.80. The van der Waals surface area contributed by atoms with Crippen molar-refractivity contribution in [3.8, 4) is 5.75 Å². The van der Waals surface area contributed by atoms with E-state index in [1.165, 1.54) is 24.1 Å². The molecule has 0 unspecified atom stereocenters. The second-order valence-electron chi connectivity index (χ2n) is 6.39. The number of aryl methyl sites for hydroxylation is 1. The van der Waals surface area contributed by atoms with Crippen LogP contribution in [0.4, 0.5) is 22.0 Å². The quantitative estimate of drug-likeness (QED) is 0.289. The van der Waals surface area contributed by atoms with Crippen LogP contribution in [0.5, 0.6) is 5.75 Å².